The first kappa shape index (κ1) is 27.7. The topological polar surface area (TPSA) is 73.8 Å². The van der Waals surface area contributed by atoms with Gasteiger partial charge in [-0.15, -0.1) is 0 Å². The third kappa shape index (κ3) is 8.09. The minimum Gasteiger partial charge on any atom is -0.389 e. The summed E-state index contributed by atoms with van der Waals surface area (Å²) in [5.41, 5.74) is -0.653. The molecule has 0 aromatic carbocycles. The Kier molecular flexibility index (Phi) is 11.9. The Bertz CT molecular complexity index is 577. The van der Waals surface area contributed by atoms with E-state index >= 15 is 0 Å². The van der Waals surface area contributed by atoms with Crippen molar-refractivity contribution in [3.05, 3.63) is 0 Å². The van der Waals surface area contributed by atoms with Gasteiger partial charge in [0.15, 0.2) is 0 Å². The first-order valence-electron chi connectivity index (χ1n) is 14.5. The van der Waals surface area contributed by atoms with Gasteiger partial charge >= 0.3 is 6.03 Å². The van der Waals surface area contributed by atoms with Crippen molar-refractivity contribution in [2.24, 2.45) is 17.8 Å². The normalized spacial score (nSPS) is 25.6. The van der Waals surface area contributed by atoms with E-state index in [2.05, 4.69) is 10.6 Å². The van der Waals surface area contributed by atoms with Crippen LogP contribution in [0.15, 0.2) is 0 Å². The summed E-state index contributed by atoms with van der Waals surface area (Å²) in [6, 6.07) is 0.262. The van der Waals surface area contributed by atoms with Gasteiger partial charge in [-0.05, 0) is 70.3 Å². The quantitative estimate of drug-likeness (QED) is 0.341. The number of nitrogens with zero attached hydrogens (tertiary/aromatic N) is 1. The summed E-state index contributed by atoms with van der Waals surface area (Å²) in [4.78, 5) is 15.4. The minimum atomic E-state index is -0.653. The number of piperidine rings is 1. The molecule has 3 atom stereocenters. The number of amides is 2. The summed E-state index contributed by atoms with van der Waals surface area (Å²) < 4.78 is 5.26. The Balaban J connectivity index is 1.60. The molecule has 0 spiro atoms. The molecule has 2 amide bonds. The number of methoxy groups -OCH3 is 1. The lowest BCUT2D eigenvalue weighted by Gasteiger charge is -2.48. The van der Waals surface area contributed by atoms with Gasteiger partial charge in [-0.1, -0.05) is 51.4 Å². The van der Waals surface area contributed by atoms with E-state index < -0.39 is 5.60 Å². The van der Waals surface area contributed by atoms with E-state index in [1.165, 1.54) is 51.4 Å². The molecule has 2 aliphatic carbocycles. The molecule has 1 heterocycles. The van der Waals surface area contributed by atoms with Crippen LogP contribution in [-0.4, -0.2) is 68.1 Å². The molecular formula is C28H53N3O3. The molecule has 3 aliphatic rings. The van der Waals surface area contributed by atoms with Crippen LogP contribution in [0.2, 0.25) is 0 Å². The summed E-state index contributed by atoms with van der Waals surface area (Å²) in [6.07, 6.45) is 18.6. The summed E-state index contributed by atoms with van der Waals surface area (Å²) in [7, 11) is 3.73. The maximum Gasteiger partial charge on any atom is 0.317 e. The average molecular weight is 480 g/mol. The molecular weight excluding hydrogens is 426 g/mol. The van der Waals surface area contributed by atoms with Crippen LogP contribution in [0.25, 0.3) is 0 Å². The number of rotatable bonds is 12. The Hall–Kier alpha value is -0.850. The lowest BCUT2D eigenvalue weighted by molar-refractivity contribution is -0.104. The number of unbranched alkanes of at least 4 members (excludes halogenated alkanes) is 1. The third-order valence-corrected chi connectivity index (χ3v) is 9.02. The number of ether oxygens (including phenoxy) is 1. The van der Waals surface area contributed by atoms with Crippen molar-refractivity contribution in [1.29, 1.82) is 0 Å². The van der Waals surface area contributed by atoms with Crippen LogP contribution in [-0.2, 0) is 4.74 Å². The number of likely N-dealkylation sites (N-methyl/N-ethyl adjacent to an activating group) is 1. The van der Waals surface area contributed by atoms with Gasteiger partial charge in [0, 0.05) is 45.3 Å². The number of carbonyl (C=O) groups excluding carboxylic acids is 1. The number of hydrogen-bond acceptors (Lipinski definition) is 4. The lowest BCUT2D eigenvalue weighted by Crippen LogP contribution is -2.56. The third-order valence-electron chi connectivity index (χ3n) is 9.02. The van der Waals surface area contributed by atoms with Gasteiger partial charge in [0.05, 0.1) is 5.60 Å². The van der Waals surface area contributed by atoms with Crippen molar-refractivity contribution < 1.29 is 14.6 Å². The maximum atomic E-state index is 13.4. The fourth-order valence-corrected chi connectivity index (χ4v) is 7.10. The summed E-state index contributed by atoms with van der Waals surface area (Å²) in [6.45, 7) is 3.08. The van der Waals surface area contributed by atoms with Crippen LogP contribution in [0.4, 0.5) is 4.79 Å². The number of hydrogen-bond donors (Lipinski definition) is 3. The summed E-state index contributed by atoms with van der Waals surface area (Å²) in [5, 5.41) is 18.8. The Morgan fingerprint density at radius 1 is 1.00 bits per heavy atom. The Labute approximate surface area is 209 Å². The van der Waals surface area contributed by atoms with Gasteiger partial charge in [0.1, 0.15) is 0 Å². The zero-order chi connectivity index (χ0) is 24.2. The zero-order valence-electron chi connectivity index (χ0n) is 22.2. The minimum absolute atomic E-state index is 0.0751. The lowest BCUT2D eigenvalue weighted by atomic mass is 9.66. The molecule has 0 aromatic heterocycles. The highest BCUT2D eigenvalue weighted by Crippen LogP contribution is 2.43. The molecule has 6 nitrogen and oxygen atoms in total. The maximum absolute atomic E-state index is 13.4. The van der Waals surface area contributed by atoms with Gasteiger partial charge in [-0.25, -0.2) is 4.79 Å². The molecule has 6 heteroatoms. The Morgan fingerprint density at radius 3 is 2.35 bits per heavy atom. The fraction of sp³-hybridized carbons (Fsp3) is 0.964. The molecule has 3 N–H and O–H groups in total. The van der Waals surface area contributed by atoms with E-state index in [4.69, 9.17) is 4.74 Å². The highest BCUT2D eigenvalue weighted by atomic mass is 16.5. The van der Waals surface area contributed by atoms with Crippen LogP contribution in [0.5, 0.6) is 0 Å². The van der Waals surface area contributed by atoms with Crippen LogP contribution in [0, 0.1) is 17.8 Å². The summed E-state index contributed by atoms with van der Waals surface area (Å²) >= 11 is 0. The second kappa shape index (κ2) is 14.6. The van der Waals surface area contributed by atoms with Crippen molar-refractivity contribution in [3.8, 4) is 0 Å². The first-order valence-corrected chi connectivity index (χ1v) is 14.5. The number of aliphatic hydroxyl groups is 1. The first-order chi connectivity index (χ1) is 16.6. The molecule has 0 radical (unpaired) electrons. The molecule has 0 aromatic rings. The van der Waals surface area contributed by atoms with Gasteiger partial charge in [0.2, 0.25) is 0 Å². The Morgan fingerprint density at radius 2 is 1.68 bits per heavy atom. The fourth-order valence-electron chi connectivity index (χ4n) is 7.10. The molecule has 1 unspecified atom stereocenters. The predicted molar refractivity (Wildman–Crippen MR) is 139 cm³/mol. The largest absolute Gasteiger partial charge is 0.389 e. The van der Waals surface area contributed by atoms with E-state index in [1.807, 2.05) is 11.9 Å². The molecule has 198 valence electrons. The van der Waals surface area contributed by atoms with Crippen molar-refractivity contribution in [2.75, 3.05) is 40.4 Å². The van der Waals surface area contributed by atoms with Gasteiger partial charge < -0.3 is 25.4 Å². The highest BCUT2D eigenvalue weighted by molar-refractivity contribution is 5.74. The molecule has 34 heavy (non-hydrogen) atoms. The number of carbonyl (C=O) groups is 1. The molecule has 0 bridgehead atoms. The van der Waals surface area contributed by atoms with E-state index in [0.717, 1.165) is 77.0 Å². The number of likely N-dealkylation sites (tertiary alicyclic amines) is 1. The van der Waals surface area contributed by atoms with Gasteiger partial charge in [0.25, 0.3) is 0 Å². The van der Waals surface area contributed by atoms with Crippen molar-refractivity contribution in [3.63, 3.8) is 0 Å². The second-order valence-corrected chi connectivity index (χ2v) is 11.5. The summed E-state index contributed by atoms with van der Waals surface area (Å²) in [5.74, 6) is 1.30. The van der Waals surface area contributed by atoms with E-state index in [-0.39, 0.29) is 18.0 Å². The molecule has 2 saturated carbocycles. The van der Waals surface area contributed by atoms with Crippen LogP contribution < -0.4 is 10.6 Å². The monoisotopic (exact) mass is 479 g/mol. The SMILES string of the molecule is CNCC(CC1CCCCC1)NC(=O)N1CCC[C@@H]([C@@](O)(CCCCOC)C2CCCCC2)C1. The van der Waals surface area contributed by atoms with Gasteiger partial charge in [-0.3, -0.25) is 0 Å². The zero-order valence-corrected chi connectivity index (χ0v) is 22.2. The van der Waals surface area contributed by atoms with Crippen LogP contribution in [0.3, 0.4) is 0 Å². The van der Waals surface area contributed by atoms with Crippen molar-refractivity contribution in [2.45, 2.75) is 114 Å². The molecule has 1 saturated heterocycles. The van der Waals surface area contributed by atoms with E-state index in [0.29, 0.717) is 12.5 Å². The standard InChI is InChI=1S/C28H53N3O3/c1-29-21-26(20-23-12-5-3-6-13-23)30-27(32)31-18-11-16-25(22-31)28(33,17-9-10-19-34-2)24-14-7-4-8-15-24/h23-26,29,33H,3-22H2,1-2H3,(H,30,32)/t25-,26?,28-/m1/s1. The molecule has 3 rings (SSSR count). The molecule has 3 fully saturated rings. The van der Waals surface area contributed by atoms with Crippen molar-refractivity contribution >= 4 is 6.03 Å². The predicted octanol–water partition coefficient (Wildman–Crippen LogP) is 5.09. The van der Waals surface area contributed by atoms with E-state index in [9.17, 15) is 9.90 Å². The number of nitrogens with one attached hydrogen (secondary N) is 2. The van der Waals surface area contributed by atoms with Crippen molar-refractivity contribution in [1.82, 2.24) is 15.5 Å². The smallest absolute Gasteiger partial charge is 0.317 e. The second-order valence-electron chi connectivity index (χ2n) is 11.5. The van der Waals surface area contributed by atoms with Crippen LogP contribution in [0.1, 0.15) is 103 Å². The van der Waals surface area contributed by atoms with Gasteiger partial charge in [-0.2, -0.15) is 0 Å². The average Bonchev–Trinajstić information content (AvgIpc) is 2.88. The number of urea groups is 1. The molecule has 1 aliphatic heterocycles. The van der Waals surface area contributed by atoms with Crippen LogP contribution >= 0.6 is 0 Å². The van der Waals surface area contributed by atoms with E-state index in [1.54, 1.807) is 7.11 Å². The highest BCUT2D eigenvalue weighted by Gasteiger charge is 2.45.